The number of benzene rings is 2. The Labute approximate surface area is 130 Å². The number of esters is 1. The summed E-state index contributed by atoms with van der Waals surface area (Å²) < 4.78 is 5.02. The standard InChI is InChI=1S/C18H21NO3/c1-2-22-17(20)13-16(14-9-5-3-6-10-14)18(19,21)15-11-7-4-8-12-15/h3-12,16,21H,2,13,19H2,1H3/t16-,18-/m0/s1. The Hall–Kier alpha value is -2.17. The quantitative estimate of drug-likeness (QED) is 0.635. The molecule has 0 aliphatic heterocycles. The number of carbonyl (C=O) groups is 1. The van der Waals surface area contributed by atoms with Crippen molar-refractivity contribution in [3.8, 4) is 0 Å². The molecule has 0 fully saturated rings. The fourth-order valence-electron chi connectivity index (χ4n) is 2.51. The van der Waals surface area contributed by atoms with Crippen LogP contribution in [-0.2, 0) is 15.3 Å². The van der Waals surface area contributed by atoms with E-state index in [1.165, 1.54) is 0 Å². The van der Waals surface area contributed by atoms with Gasteiger partial charge in [0.1, 0.15) is 5.72 Å². The van der Waals surface area contributed by atoms with E-state index < -0.39 is 11.6 Å². The van der Waals surface area contributed by atoms with Crippen LogP contribution in [0, 0.1) is 0 Å². The van der Waals surface area contributed by atoms with Crippen LogP contribution in [0.5, 0.6) is 0 Å². The molecule has 0 heterocycles. The van der Waals surface area contributed by atoms with Crippen molar-refractivity contribution in [2.24, 2.45) is 5.73 Å². The van der Waals surface area contributed by atoms with Gasteiger partial charge in [-0.1, -0.05) is 60.7 Å². The number of ether oxygens (including phenoxy) is 1. The summed E-state index contributed by atoms with van der Waals surface area (Å²) in [5.41, 5.74) is 5.91. The highest BCUT2D eigenvalue weighted by Crippen LogP contribution is 2.35. The monoisotopic (exact) mass is 299 g/mol. The van der Waals surface area contributed by atoms with E-state index in [1.807, 2.05) is 36.4 Å². The van der Waals surface area contributed by atoms with Gasteiger partial charge in [-0.25, -0.2) is 0 Å². The Morgan fingerprint density at radius 1 is 1.14 bits per heavy atom. The maximum atomic E-state index is 11.9. The summed E-state index contributed by atoms with van der Waals surface area (Å²) in [6.45, 7) is 2.05. The van der Waals surface area contributed by atoms with Crippen molar-refractivity contribution in [3.63, 3.8) is 0 Å². The Morgan fingerprint density at radius 2 is 1.68 bits per heavy atom. The molecule has 0 saturated carbocycles. The molecule has 0 aromatic heterocycles. The molecule has 0 aliphatic rings. The van der Waals surface area contributed by atoms with Gasteiger partial charge in [0.15, 0.2) is 0 Å². The zero-order valence-corrected chi connectivity index (χ0v) is 12.6. The van der Waals surface area contributed by atoms with Crippen molar-refractivity contribution in [1.82, 2.24) is 0 Å². The van der Waals surface area contributed by atoms with Gasteiger partial charge in [-0.05, 0) is 18.1 Å². The largest absolute Gasteiger partial charge is 0.466 e. The van der Waals surface area contributed by atoms with Crippen LogP contribution < -0.4 is 5.73 Å². The average Bonchev–Trinajstić information content (AvgIpc) is 2.54. The van der Waals surface area contributed by atoms with Crippen LogP contribution in [0.4, 0.5) is 0 Å². The second-order valence-electron chi connectivity index (χ2n) is 5.16. The molecule has 2 aromatic rings. The molecule has 2 aromatic carbocycles. The van der Waals surface area contributed by atoms with E-state index in [0.717, 1.165) is 5.56 Å². The third-order valence-corrected chi connectivity index (χ3v) is 3.65. The Kier molecular flexibility index (Phi) is 5.31. The van der Waals surface area contributed by atoms with Gasteiger partial charge in [-0.15, -0.1) is 0 Å². The van der Waals surface area contributed by atoms with Crippen molar-refractivity contribution in [2.75, 3.05) is 6.61 Å². The van der Waals surface area contributed by atoms with Gasteiger partial charge >= 0.3 is 5.97 Å². The van der Waals surface area contributed by atoms with Crippen molar-refractivity contribution >= 4 is 5.97 Å². The second kappa shape index (κ2) is 7.20. The van der Waals surface area contributed by atoms with Gasteiger partial charge in [0.2, 0.25) is 0 Å². The molecule has 3 N–H and O–H groups in total. The lowest BCUT2D eigenvalue weighted by Crippen LogP contribution is -2.43. The number of nitrogens with two attached hydrogens (primary N) is 1. The zero-order valence-electron chi connectivity index (χ0n) is 12.6. The summed E-state index contributed by atoms with van der Waals surface area (Å²) in [4.78, 5) is 11.9. The van der Waals surface area contributed by atoms with Gasteiger partial charge in [0, 0.05) is 5.92 Å². The molecular formula is C18H21NO3. The molecule has 4 heteroatoms. The Bertz CT molecular complexity index is 596. The normalized spacial score (nSPS) is 14.9. The summed E-state index contributed by atoms with van der Waals surface area (Å²) in [5.74, 6) is -0.966. The SMILES string of the molecule is CCOC(=O)C[C@@H](c1ccccc1)[C@@](N)(O)c1ccccc1. The van der Waals surface area contributed by atoms with E-state index in [4.69, 9.17) is 10.5 Å². The molecule has 0 bridgehead atoms. The first-order valence-electron chi connectivity index (χ1n) is 7.33. The van der Waals surface area contributed by atoms with E-state index >= 15 is 0 Å². The van der Waals surface area contributed by atoms with E-state index in [9.17, 15) is 9.90 Å². The fraction of sp³-hybridized carbons (Fsp3) is 0.278. The van der Waals surface area contributed by atoms with Crippen LogP contribution in [0.1, 0.15) is 30.4 Å². The van der Waals surface area contributed by atoms with Crippen LogP contribution in [0.15, 0.2) is 60.7 Å². The van der Waals surface area contributed by atoms with E-state index in [2.05, 4.69) is 0 Å². The molecule has 22 heavy (non-hydrogen) atoms. The molecule has 0 aliphatic carbocycles. The minimum atomic E-state index is -1.66. The van der Waals surface area contributed by atoms with Crippen molar-refractivity contribution in [1.29, 1.82) is 0 Å². The van der Waals surface area contributed by atoms with E-state index in [1.54, 1.807) is 31.2 Å². The topological polar surface area (TPSA) is 72.5 Å². The van der Waals surface area contributed by atoms with E-state index in [0.29, 0.717) is 12.2 Å². The molecule has 2 rings (SSSR count). The second-order valence-corrected chi connectivity index (χ2v) is 5.16. The van der Waals surface area contributed by atoms with Crippen LogP contribution in [0.2, 0.25) is 0 Å². The highest BCUT2D eigenvalue weighted by molar-refractivity contribution is 5.71. The van der Waals surface area contributed by atoms with Crippen LogP contribution in [0.3, 0.4) is 0 Å². The number of hydrogen-bond donors (Lipinski definition) is 2. The molecule has 0 spiro atoms. The first kappa shape index (κ1) is 16.2. The zero-order chi connectivity index (χ0) is 16.0. The maximum Gasteiger partial charge on any atom is 0.306 e. The van der Waals surface area contributed by atoms with Crippen molar-refractivity contribution < 1.29 is 14.6 Å². The van der Waals surface area contributed by atoms with E-state index in [-0.39, 0.29) is 12.4 Å². The van der Waals surface area contributed by atoms with Gasteiger partial charge in [-0.3, -0.25) is 10.5 Å². The highest BCUT2D eigenvalue weighted by Gasteiger charge is 2.37. The number of carbonyl (C=O) groups excluding carboxylic acids is 1. The molecule has 0 radical (unpaired) electrons. The lowest BCUT2D eigenvalue weighted by Gasteiger charge is -2.33. The molecule has 0 saturated heterocycles. The number of aliphatic hydroxyl groups is 1. The molecule has 116 valence electrons. The minimum Gasteiger partial charge on any atom is -0.466 e. The minimum absolute atomic E-state index is 0.0136. The smallest absolute Gasteiger partial charge is 0.306 e. The lowest BCUT2D eigenvalue weighted by molar-refractivity contribution is -0.145. The molecule has 4 nitrogen and oxygen atoms in total. The molecule has 2 atom stereocenters. The van der Waals surface area contributed by atoms with Crippen molar-refractivity contribution in [3.05, 3.63) is 71.8 Å². The summed E-state index contributed by atoms with van der Waals surface area (Å²) in [6.07, 6.45) is 0.0136. The van der Waals surface area contributed by atoms with Gasteiger partial charge in [0.05, 0.1) is 13.0 Å². The lowest BCUT2D eigenvalue weighted by atomic mass is 9.82. The molecule has 0 unspecified atom stereocenters. The summed E-state index contributed by atoms with van der Waals surface area (Å²) in [5, 5.41) is 10.9. The Morgan fingerprint density at radius 3 is 2.23 bits per heavy atom. The predicted molar refractivity (Wildman–Crippen MR) is 85.0 cm³/mol. The summed E-state index contributed by atoms with van der Waals surface area (Å²) >= 11 is 0. The summed E-state index contributed by atoms with van der Waals surface area (Å²) in [6, 6.07) is 18.3. The Balaban J connectivity index is 2.37. The first-order valence-corrected chi connectivity index (χ1v) is 7.33. The number of hydrogen-bond acceptors (Lipinski definition) is 4. The van der Waals surface area contributed by atoms with Gasteiger partial charge < -0.3 is 9.84 Å². The third-order valence-electron chi connectivity index (χ3n) is 3.65. The average molecular weight is 299 g/mol. The van der Waals surface area contributed by atoms with Gasteiger partial charge in [-0.2, -0.15) is 0 Å². The fourth-order valence-corrected chi connectivity index (χ4v) is 2.51. The maximum absolute atomic E-state index is 11.9. The van der Waals surface area contributed by atoms with Crippen LogP contribution >= 0.6 is 0 Å². The van der Waals surface area contributed by atoms with Crippen LogP contribution in [0.25, 0.3) is 0 Å². The predicted octanol–water partition coefficient (Wildman–Crippen LogP) is 2.53. The van der Waals surface area contributed by atoms with Gasteiger partial charge in [0.25, 0.3) is 0 Å². The molecule has 0 amide bonds. The van der Waals surface area contributed by atoms with Crippen molar-refractivity contribution in [2.45, 2.75) is 25.0 Å². The molecular weight excluding hydrogens is 278 g/mol. The van der Waals surface area contributed by atoms with Crippen LogP contribution in [-0.4, -0.2) is 17.7 Å². The first-order chi connectivity index (χ1) is 10.6. The number of rotatable bonds is 6. The summed E-state index contributed by atoms with van der Waals surface area (Å²) in [7, 11) is 0. The third kappa shape index (κ3) is 3.72. The highest BCUT2D eigenvalue weighted by atomic mass is 16.5.